The summed E-state index contributed by atoms with van der Waals surface area (Å²) in [5, 5.41) is 11.6. The van der Waals surface area contributed by atoms with Gasteiger partial charge in [0.2, 0.25) is 5.88 Å². The lowest BCUT2D eigenvalue weighted by Gasteiger charge is -2.08. The number of benzene rings is 2. The van der Waals surface area contributed by atoms with E-state index in [9.17, 15) is 4.79 Å². The molecule has 3 aromatic rings. The SMILES string of the molecule is N#Cc1ccc(Oc2cccc(C(=O)NCc3ccccc3)c2)nc1. The van der Waals surface area contributed by atoms with Gasteiger partial charge in [0, 0.05) is 24.4 Å². The summed E-state index contributed by atoms with van der Waals surface area (Å²) in [7, 11) is 0. The summed E-state index contributed by atoms with van der Waals surface area (Å²) in [6.45, 7) is 0.460. The van der Waals surface area contributed by atoms with Gasteiger partial charge in [0.25, 0.3) is 5.91 Å². The van der Waals surface area contributed by atoms with Crippen LogP contribution in [0.25, 0.3) is 0 Å². The number of hydrogen-bond acceptors (Lipinski definition) is 4. The van der Waals surface area contributed by atoms with Gasteiger partial charge < -0.3 is 10.1 Å². The Labute approximate surface area is 145 Å². The minimum absolute atomic E-state index is 0.179. The minimum Gasteiger partial charge on any atom is -0.439 e. The molecule has 0 aliphatic rings. The molecule has 3 rings (SSSR count). The highest BCUT2D eigenvalue weighted by molar-refractivity contribution is 5.94. The molecule has 0 aliphatic carbocycles. The average molecular weight is 329 g/mol. The van der Waals surface area contributed by atoms with Gasteiger partial charge in [-0.3, -0.25) is 4.79 Å². The zero-order valence-corrected chi connectivity index (χ0v) is 13.3. The lowest BCUT2D eigenvalue weighted by atomic mass is 10.2. The molecule has 1 N–H and O–H groups in total. The number of hydrogen-bond donors (Lipinski definition) is 1. The van der Waals surface area contributed by atoms with Crippen LogP contribution < -0.4 is 10.1 Å². The van der Waals surface area contributed by atoms with Crippen molar-refractivity contribution in [2.75, 3.05) is 0 Å². The Hall–Kier alpha value is -3.65. The molecular weight excluding hydrogens is 314 g/mol. The van der Waals surface area contributed by atoms with Crippen LogP contribution in [-0.2, 0) is 6.54 Å². The van der Waals surface area contributed by atoms with Crippen molar-refractivity contribution in [1.29, 1.82) is 5.26 Å². The molecule has 0 fully saturated rings. The van der Waals surface area contributed by atoms with Gasteiger partial charge in [-0.25, -0.2) is 4.98 Å². The summed E-state index contributed by atoms with van der Waals surface area (Å²) in [5.74, 6) is 0.688. The largest absolute Gasteiger partial charge is 0.439 e. The highest BCUT2D eigenvalue weighted by Crippen LogP contribution is 2.20. The van der Waals surface area contributed by atoms with Crippen molar-refractivity contribution in [3.63, 3.8) is 0 Å². The third-order valence-electron chi connectivity index (χ3n) is 3.48. The van der Waals surface area contributed by atoms with Crippen LogP contribution in [-0.4, -0.2) is 10.9 Å². The van der Waals surface area contributed by atoms with Crippen molar-refractivity contribution in [2.45, 2.75) is 6.54 Å². The topological polar surface area (TPSA) is 75.0 Å². The Kier molecular flexibility index (Phi) is 5.03. The van der Waals surface area contributed by atoms with Crippen molar-refractivity contribution in [2.24, 2.45) is 0 Å². The second-order valence-corrected chi connectivity index (χ2v) is 5.30. The summed E-state index contributed by atoms with van der Waals surface area (Å²) < 4.78 is 5.63. The van der Waals surface area contributed by atoms with E-state index in [1.54, 1.807) is 36.4 Å². The number of carbonyl (C=O) groups excluding carboxylic acids is 1. The van der Waals surface area contributed by atoms with Crippen molar-refractivity contribution in [3.8, 4) is 17.7 Å². The number of aromatic nitrogens is 1. The highest BCUT2D eigenvalue weighted by atomic mass is 16.5. The maximum Gasteiger partial charge on any atom is 0.251 e. The van der Waals surface area contributed by atoms with Gasteiger partial charge in [-0.2, -0.15) is 5.26 Å². The van der Waals surface area contributed by atoms with Gasteiger partial charge in [-0.15, -0.1) is 0 Å². The van der Waals surface area contributed by atoms with E-state index in [1.165, 1.54) is 6.20 Å². The molecule has 0 spiro atoms. The fraction of sp³-hybridized carbons (Fsp3) is 0.0500. The maximum absolute atomic E-state index is 12.3. The van der Waals surface area contributed by atoms with E-state index < -0.39 is 0 Å². The van der Waals surface area contributed by atoms with Crippen LogP contribution in [0.3, 0.4) is 0 Å². The van der Waals surface area contributed by atoms with Crippen molar-refractivity contribution in [1.82, 2.24) is 10.3 Å². The second-order valence-electron chi connectivity index (χ2n) is 5.30. The van der Waals surface area contributed by atoms with E-state index in [2.05, 4.69) is 10.3 Å². The number of nitriles is 1. The molecule has 122 valence electrons. The van der Waals surface area contributed by atoms with E-state index >= 15 is 0 Å². The van der Waals surface area contributed by atoms with Gasteiger partial charge in [0.05, 0.1) is 5.56 Å². The summed E-state index contributed by atoms with van der Waals surface area (Å²) in [6, 6.07) is 21.8. The third kappa shape index (κ3) is 4.43. The van der Waals surface area contributed by atoms with Crippen LogP contribution in [0, 0.1) is 11.3 Å². The van der Waals surface area contributed by atoms with Gasteiger partial charge in [-0.1, -0.05) is 36.4 Å². The first kappa shape index (κ1) is 16.2. The van der Waals surface area contributed by atoms with Crippen LogP contribution in [0.4, 0.5) is 0 Å². The predicted molar refractivity (Wildman–Crippen MR) is 93.1 cm³/mol. The van der Waals surface area contributed by atoms with Crippen molar-refractivity contribution >= 4 is 5.91 Å². The van der Waals surface area contributed by atoms with Gasteiger partial charge in [-0.05, 0) is 29.8 Å². The lowest BCUT2D eigenvalue weighted by Crippen LogP contribution is -2.22. The molecule has 1 amide bonds. The number of nitrogens with one attached hydrogen (secondary N) is 1. The van der Waals surface area contributed by atoms with Gasteiger partial charge in [0.15, 0.2) is 0 Å². The standard InChI is InChI=1S/C20H15N3O2/c21-12-16-9-10-19(22-14-16)25-18-8-4-7-17(11-18)20(24)23-13-15-5-2-1-3-6-15/h1-11,14H,13H2,(H,23,24). The van der Waals surface area contributed by atoms with E-state index in [0.29, 0.717) is 29.3 Å². The summed E-state index contributed by atoms with van der Waals surface area (Å²) >= 11 is 0. The molecule has 2 aromatic carbocycles. The molecule has 0 unspecified atom stereocenters. The zero-order valence-electron chi connectivity index (χ0n) is 13.3. The molecule has 1 aromatic heterocycles. The molecule has 5 heteroatoms. The molecule has 0 atom stereocenters. The quantitative estimate of drug-likeness (QED) is 0.775. The molecular formula is C20H15N3O2. The Morgan fingerprint density at radius 3 is 2.64 bits per heavy atom. The zero-order chi connectivity index (χ0) is 17.5. The molecule has 0 saturated heterocycles. The monoisotopic (exact) mass is 329 g/mol. The first-order valence-corrected chi connectivity index (χ1v) is 7.71. The predicted octanol–water partition coefficient (Wildman–Crippen LogP) is 3.68. The van der Waals surface area contributed by atoms with E-state index in [1.807, 2.05) is 36.4 Å². The number of ether oxygens (including phenoxy) is 1. The fourth-order valence-corrected chi connectivity index (χ4v) is 2.21. The molecule has 1 heterocycles. The summed E-state index contributed by atoms with van der Waals surface area (Å²) in [4.78, 5) is 16.3. The second kappa shape index (κ2) is 7.75. The molecule has 0 aliphatic heterocycles. The van der Waals surface area contributed by atoms with Crippen molar-refractivity contribution in [3.05, 3.63) is 89.6 Å². The fourth-order valence-electron chi connectivity index (χ4n) is 2.21. The molecule has 0 radical (unpaired) electrons. The summed E-state index contributed by atoms with van der Waals surface area (Å²) in [5.41, 5.74) is 1.99. The molecule has 5 nitrogen and oxygen atoms in total. The van der Waals surface area contributed by atoms with E-state index in [4.69, 9.17) is 10.00 Å². The van der Waals surface area contributed by atoms with Crippen LogP contribution in [0.5, 0.6) is 11.6 Å². The number of rotatable bonds is 5. The van der Waals surface area contributed by atoms with Crippen LogP contribution in [0.2, 0.25) is 0 Å². The van der Waals surface area contributed by atoms with Gasteiger partial charge in [0.1, 0.15) is 11.8 Å². The first-order chi connectivity index (χ1) is 12.2. The molecule has 0 bridgehead atoms. The normalized spacial score (nSPS) is 9.88. The van der Waals surface area contributed by atoms with Crippen molar-refractivity contribution < 1.29 is 9.53 Å². The maximum atomic E-state index is 12.3. The Morgan fingerprint density at radius 2 is 1.92 bits per heavy atom. The smallest absolute Gasteiger partial charge is 0.251 e. The van der Waals surface area contributed by atoms with E-state index in [-0.39, 0.29) is 5.91 Å². The minimum atomic E-state index is -0.179. The first-order valence-electron chi connectivity index (χ1n) is 7.71. The molecule has 0 saturated carbocycles. The number of carbonyl (C=O) groups is 1. The Balaban J connectivity index is 1.66. The lowest BCUT2D eigenvalue weighted by molar-refractivity contribution is 0.0950. The highest BCUT2D eigenvalue weighted by Gasteiger charge is 2.07. The number of nitrogens with zero attached hydrogens (tertiary/aromatic N) is 2. The Bertz CT molecular complexity index is 900. The average Bonchev–Trinajstić information content (AvgIpc) is 2.68. The molecule has 25 heavy (non-hydrogen) atoms. The van der Waals surface area contributed by atoms with E-state index in [0.717, 1.165) is 5.56 Å². The number of amides is 1. The van der Waals surface area contributed by atoms with Crippen LogP contribution >= 0.6 is 0 Å². The van der Waals surface area contributed by atoms with Gasteiger partial charge >= 0.3 is 0 Å². The van der Waals surface area contributed by atoms with Crippen LogP contribution in [0.15, 0.2) is 72.9 Å². The number of pyridine rings is 1. The third-order valence-corrected chi connectivity index (χ3v) is 3.48. The summed E-state index contributed by atoms with van der Waals surface area (Å²) in [6.07, 6.45) is 1.44. The van der Waals surface area contributed by atoms with Crippen LogP contribution in [0.1, 0.15) is 21.5 Å². The Morgan fingerprint density at radius 1 is 1.08 bits per heavy atom.